The second kappa shape index (κ2) is 9.00. The van der Waals surface area contributed by atoms with Crippen LogP contribution in [0.4, 0.5) is 5.69 Å². The smallest absolute Gasteiger partial charge is 0.357 e. The van der Waals surface area contributed by atoms with Crippen LogP contribution in [0.3, 0.4) is 0 Å². The highest BCUT2D eigenvalue weighted by Gasteiger charge is 2.41. The molecule has 154 valence electrons. The van der Waals surface area contributed by atoms with E-state index in [1.54, 1.807) is 6.07 Å². The van der Waals surface area contributed by atoms with E-state index in [1.807, 2.05) is 88.4 Å². The van der Waals surface area contributed by atoms with Crippen molar-refractivity contribution in [1.82, 2.24) is 0 Å². The number of fused-ring (bicyclic) bond motifs is 1. The molecule has 0 saturated carbocycles. The van der Waals surface area contributed by atoms with Crippen LogP contribution in [0.2, 0.25) is 0 Å². The summed E-state index contributed by atoms with van der Waals surface area (Å²) < 4.78 is 25.9. The van der Waals surface area contributed by atoms with Gasteiger partial charge in [0.25, 0.3) is 0 Å². The van der Waals surface area contributed by atoms with Gasteiger partial charge in [0.15, 0.2) is 5.78 Å². The number of anilines is 1. The Labute approximate surface area is 172 Å². The van der Waals surface area contributed by atoms with Crippen molar-refractivity contribution in [2.75, 3.05) is 5.32 Å². The number of hydrogen-bond donors (Lipinski definition) is 2. The molecule has 0 aromatic heterocycles. The van der Waals surface area contributed by atoms with Crippen molar-refractivity contribution in [3.05, 3.63) is 72.3 Å². The summed E-state index contributed by atoms with van der Waals surface area (Å²) in [4.78, 5) is 0. The van der Waals surface area contributed by atoms with Crippen molar-refractivity contribution in [2.24, 2.45) is 0 Å². The van der Waals surface area contributed by atoms with Crippen LogP contribution < -0.4 is 5.32 Å². The number of nitrogens with one attached hydrogen (secondary N) is 1. The monoisotopic (exact) mass is 413 g/mol. The van der Waals surface area contributed by atoms with Gasteiger partial charge in [-0.05, 0) is 56.7 Å². The summed E-state index contributed by atoms with van der Waals surface area (Å²) in [6.07, 6.45) is -0.645. The van der Waals surface area contributed by atoms with Crippen LogP contribution in [0.5, 0.6) is 5.75 Å². The first-order chi connectivity index (χ1) is 13.8. The summed E-state index contributed by atoms with van der Waals surface area (Å²) in [5.74, 6) is -0.849. The van der Waals surface area contributed by atoms with Gasteiger partial charge in [0.2, 0.25) is 0 Å². The highest BCUT2D eigenvalue weighted by atomic mass is 31.2. The van der Waals surface area contributed by atoms with E-state index in [2.05, 4.69) is 5.32 Å². The molecule has 0 heterocycles. The number of phenols is 1. The zero-order valence-electron chi connectivity index (χ0n) is 17.2. The lowest BCUT2D eigenvalue weighted by molar-refractivity contribution is 0.138. The maximum Gasteiger partial charge on any atom is 0.357 e. The van der Waals surface area contributed by atoms with Crippen molar-refractivity contribution in [3.8, 4) is 5.75 Å². The van der Waals surface area contributed by atoms with E-state index in [-0.39, 0.29) is 18.0 Å². The Hall–Kier alpha value is -2.33. The van der Waals surface area contributed by atoms with Crippen molar-refractivity contribution in [1.29, 1.82) is 0 Å². The Bertz CT molecular complexity index is 990. The van der Waals surface area contributed by atoms with Crippen LogP contribution in [-0.4, -0.2) is 17.3 Å². The molecule has 0 saturated heterocycles. The molecule has 0 spiro atoms. The number of aromatic hydroxyl groups is 1. The second-order valence-electron chi connectivity index (χ2n) is 7.48. The fourth-order valence-electron chi connectivity index (χ4n) is 3.31. The molecular formula is C23H28NO4P. The summed E-state index contributed by atoms with van der Waals surface area (Å²) in [5, 5.41) is 15.8. The van der Waals surface area contributed by atoms with Crippen molar-refractivity contribution in [3.63, 3.8) is 0 Å². The first-order valence-corrected chi connectivity index (χ1v) is 11.4. The van der Waals surface area contributed by atoms with E-state index < -0.39 is 13.4 Å². The van der Waals surface area contributed by atoms with Crippen molar-refractivity contribution < 1.29 is 18.7 Å². The van der Waals surface area contributed by atoms with E-state index in [0.29, 0.717) is 5.56 Å². The fraction of sp³-hybridized carbons (Fsp3) is 0.304. The molecule has 0 aliphatic rings. The lowest BCUT2D eigenvalue weighted by atomic mass is 10.0. The number of para-hydroxylation sites is 1. The Morgan fingerprint density at radius 1 is 0.828 bits per heavy atom. The first-order valence-electron chi connectivity index (χ1n) is 9.79. The molecule has 1 atom stereocenters. The molecule has 6 heteroatoms. The largest absolute Gasteiger partial charge is 0.508 e. The lowest BCUT2D eigenvalue weighted by Crippen LogP contribution is -2.19. The molecule has 1 unspecified atom stereocenters. The van der Waals surface area contributed by atoms with Crippen LogP contribution in [0.1, 0.15) is 39.0 Å². The van der Waals surface area contributed by atoms with Crippen LogP contribution >= 0.6 is 7.60 Å². The second-order valence-corrected chi connectivity index (χ2v) is 9.50. The van der Waals surface area contributed by atoms with E-state index in [0.717, 1.165) is 16.5 Å². The zero-order valence-corrected chi connectivity index (χ0v) is 18.1. The van der Waals surface area contributed by atoms with Gasteiger partial charge in [-0.25, -0.2) is 0 Å². The van der Waals surface area contributed by atoms with Gasteiger partial charge in [-0.2, -0.15) is 0 Å². The Kier molecular flexibility index (Phi) is 6.63. The maximum absolute atomic E-state index is 14.1. The van der Waals surface area contributed by atoms with E-state index >= 15 is 0 Å². The molecule has 0 aliphatic heterocycles. The number of hydrogen-bond acceptors (Lipinski definition) is 5. The molecule has 3 aromatic rings. The van der Waals surface area contributed by atoms with Crippen molar-refractivity contribution >= 4 is 24.1 Å². The molecule has 3 aromatic carbocycles. The van der Waals surface area contributed by atoms with Gasteiger partial charge in [0.05, 0.1) is 12.2 Å². The van der Waals surface area contributed by atoms with Gasteiger partial charge < -0.3 is 19.5 Å². The van der Waals surface area contributed by atoms with Crippen molar-refractivity contribution in [2.45, 2.75) is 45.7 Å². The number of benzene rings is 3. The Morgan fingerprint density at radius 2 is 1.41 bits per heavy atom. The highest BCUT2D eigenvalue weighted by Crippen LogP contribution is 2.64. The number of phenolic OH excluding ortho intramolecular Hbond substituents is 1. The predicted molar refractivity (Wildman–Crippen MR) is 118 cm³/mol. The molecule has 5 nitrogen and oxygen atoms in total. The first kappa shape index (κ1) is 21.4. The van der Waals surface area contributed by atoms with Gasteiger partial charge in [-0.1, -0.05) is 48.5 Å². The minimum absolute atomic E-state index is 0.0390. The van der Waals surface area contributed by atoms with Crippen LogP contribution in [0.25, 0.3) is 10.8 Å². The Morgan fingerprint density at radius 3 is 2.03 bits per heavy atom. The molecule has 0 radical (unpaired) electrons. The summed E-state index contributed by atoms with van der Waals surface area (Å²) in [6, 6.07) is 20.6. The third-order valence-corrected chi connectivity index (χ3v) is 6.78. The third-order valence-electron chi connectivity index (χ3n) is 4.33. The molecule has 0 amide bonds. The van der Waals surface area contributed by atoms with Gasteiger partial charge >= 0.3 is 7.60 Å². The van der Waals surface area contributed by atoms with Gasteiger partial charge in [-0.3, -0.25) is 4.57 Å². The zero-order chi connectivity index (χ0) is 21.0. The lowest BCUT2D eigenvalue weighted by Gasteiger charge is -2.32. The Balaban J connectivity index is 2.23. The van der Waals surface area contributed by atoms with E-state index in [9.17, 15) is 9.67 Å². The third kappa shape index (κ3) is 4.99. The fourth-order valence-corrected chi connectivity index (χ4v) is 5.67. The van der Waals surface area contributed by atoms with E-state index in [1.165, 1.54) is 0 Å². The predicted octanol–water partition coefficient (Wildman–Crippen LogP) is 6.70. The van der Waals surface area contributed by atoms with Gasteiger partial charge in [-0.15, -0.1) is 0 Å². The molecule has 0 aliphatic carbocycles. The number of rotatable bonds is 8. The summed E-state index contributed by atoms with van der Waals surface area (Å²) >= 11 is 0. The molecular weight excluding hydrogens is 385 g/mol. The van der Waals surface area contributed by atoms with Crippen LogP contribution in [0.15, 0.2) is 66.7 Å². The average Bonchev–Trinajstić information content (AvgIpc) is 2.66. The molecule has 3 rings (SSSR count). The minimum Gasteiger partial charge on any atom is -0.508 e. The maximum atomic E-state index is 14.1. The SMILES string of the molecule is CC(C)OP(=O)(OC(C)C)C(Nc1ccccc1)c1c(O)ccc2ccccc12. The molecule has 29 heavy (non-hydrogen) atoms. The average molecular weight is 413 g/mol. The highest BCUT2D eigenvalue weighted by molar-refractivity contribution is 7.54. The van der Waals surface area contributed by atoms with Gasteiger partial charge in [0, 0.05) is 11.3 Å². The molecule has 2 N–H and O–H groups in total. The van der Waals surface area contributed by atoms with Crippen LogP contribution in [-0.2, 0) is 13.6 Å². The van der Waals surface area contributed by atoms with Crippen LogP contribution in [0, 0.1) is 0 Å². The standard InChI is InChI=1S/C23H28NO4P/c1-16(2)27-29(26,28-17(3)4)23(24-19-11-6-5-7-12-19)22-20-13-9-8-10-18(20)14-15-21(22)25/h5-17,23-25H,1-4H3. The summed E-state index contributed by atoms with van der Waals surface area (Å²) in [5.41, 5.74) is 1.25. The topological polar surface area (TPSA) is 67.8 Å². The summed E-state index contributed by atoms with van der Waals surface area (Å²) in [6.45, 7) is 7.27. The van der Waals surface area contributed by atoms with Gasteiger partial charge in [0.1, 0.15) is 5.75 Å². The van der Waals surface area contributed by atoms with E-state index in [4.69, 9.17) is 9.05 Å². The quantitative estimate of drug-likeness (QED) is 0.402. The normalized spacial score (nSPS) is 13.2. The summed E-state index contributed by atoms with van der Waals surface area (Å²) in [7, 11) is -3.73. The molecule has 0 fully saturated rings. The minimum atomic E-state index is -3.73. The molecule has 0 bridgehead atoms.